The minimum absolute atomic E-state index is 0.0407. The Morgan fingerprint density at radius 3 is 2.31 bits per heavy atom. The molecule has 2 aromatic heterocycles. The monoisotopic (exact) mass is 490 g/mol. The average molecular weight is 491 g/mol. The van der Waals surface area contributed by atoms with Crippen LogP contribution in [0.3, 0.4) is 0 Å². The average Bonchev–Trinajstić information content (AvgIpc) is 2.84. The van der Waals surface area contributed by atoms with E-state index in [1.807, 2.05) is 12.1 Å². The largest absolute Gasteiger partial charge is 0.416 e. The topological polar surface area (TPSA) is 67.8 Å². The molecule has 2 aromatic carbocycles. The van der Waals surface area contributed by atoms with Crippen molar-refractivity contribution < 1.29 is 18.0 Å². The van der Waals surface area contributed by atoms with Crippen molar-refractivity contribution in [2.45, 2.75) is 38.8 Å². The molecule has 0 radical (unpaired) electrons. The van der Waals surface area contributed by atoms with Crippen LogP contribution in [-0.4, -0.2) is 20.9 Å². The van der Waals surface area contributed by atoms with Crippen LogP contribution in [0.1, 0.15) is 53.5 Å². The highest BCUT2D eigenvalue weighted by Gasteiger charge is 2.34. The van der Waals surface area contributed by atoms with Gasteiger partial charge < -0.3 is 5.32 Å². The van der Waals surface area contributed by atoms with E-state index in [0.717, 1.165) is 11.6 Å². The standard InChI is InChI=1S/C28H25F3N4O/c1-27(2,3)20-7-9-21(10-8-20)35-26(36)18-6-11-23(28(29,30)31)19(15-18)16-25-22(5-4-13-33-25)24-12-14-32-17-34-24/h4-15,17H,16H2,1-3H3,(H,35,36). The van der Waals surface area contributed by atoms with Crippen molar-refractivity contribution in [1.82, 2.24) is 15.0 Å². The van der Waals surface area contributed by atoms with E-state index in [1.54, 1.807) is 36.5 Å². The summed E-state index contributed by atoms with van der Waals surface area (Å²) in [5.41, 5.74) is 2.45. The summed E-state index contributed by atoms with van der Waals surface area (Å²) in [5, 5.41) is 2.77. The number of carbonyl (C=O) groups is 1. The maximum absolute atomic E-state index is 13.8. The van der Waals surface area contributed by atoms with Crippen molar-refractivity contribution >= 4 is 11.6 Å². The Labute approximate surface area is 207 Å². The lowest BCUT2D eigenvalue weighted by Gasteiger charge is -2.19. The molecular formula is C28H25F3N4O. The Balaban J connectivity index is 1.66. The van der Waals surface area contributed by atoms with E-state index in [0.29, 0.717) is 22.6 Å². The van der Waals surface area contributed by atoms with Crippen molar-refractivity contribution in [1.29, 1.82) is 0 Å². The molecule has 0 aliphatic rings. The zero-order chi connectivity index (χ0) is 25.9. The van der Waals surface area contributed by atoms with Crippen molar-refractivity contribution in [3.8, 4) is 11.3 Å². The first-order valence-electron chi connectivity index (χ1n) is 11.3. The molecule has 36 heavy (non-hydrogen) atoms. The molecule has 184 valence electrons. The van der Waals surface area contributed by atoms with Crippen molar-refractivity contribution in [3.05, 3.63) is 107 Å². The minimum Gasteiger partial charge on any atom is -0.322 e. The lowest BCUT2D eigenvalue weighted by molar-refractivity contribution is -0.138. The van der Waals surface area contributed by atoms with Crippen LogP contribution in [0.2, 0.25) is 0 Å². The van der Waals surface area contributed by atoms with E-state index >= 15 is 0 Å². The number of carbonyl (C=O) groups excluding carboxylic acids is 1. The fourth-order valence-electron chi connectivity index (χ4n) is 3.86. The summed E-state index contributed by atoms with van der Waals surface area (Å²) < 4.78 is 41.5. The van der Waals surface area contributed by atoms with Crippen LogP contribution in [0, 0.1) is 0 Å². The maximum Gasteiger partial charge on any atom is 0.416 e. The van der Waals surface area contributed by atoms with Crippen LogP contribution in [0.5, 0.6) is 0 Å². The normalized spacial score (nSPS) is 11.8. The number of hydrogen-bond acceptors (Lipinski definition) is 4. The molecule has 0 aliphatic carbocycles. The van der Waals surface area contributed by atoms with E-state index in [9.17, 15) is 18.0 Å². The number of aromatic nitrogens is 3. The van der Waals surface area contributed by atoms with Crippen molar-refractivity contribution in [2.24, 2.45) is 0 Å². The van der Waals surface area contributed by atoms with Gasteiger partial charge in [0.2, 0.25) is 0 Å². The second kappa shape index (κ2) is 9.89. The highest BCUT2D eigenvalue weighted by Crippen LogP contribution is 2.34. The molecule has 4 aromatic rings. The Morgan fingerprint density at radius 1 is 0.917 bits per heavy atom. The number of hydrogen-bond donors (Lipinski definition) is 1. The smallest absolute Gasteiger partial charge is 0.322 e. The fourth-order valence-corrected chi connectivity index (χ4v) is 3.86. The number of amides is 1. The third-order valence-electron chi connectivity index (χ3n) is 5.79. The van der Waals surface area contributed by atoms with Gasteiger partial charge >= 0.3 is 6.18 Å². The first kappa shape index (κ1) is 25.0. The summed E-state index contributed by atoms with van der Waals surface area (Å²) in [6.07, 6.45) is -0.274. The first-order valence-corrected chi connectivity index (χ1v) is 11.3. The second-order valence-electron chi connectivity index (χ2n) is 9.42. The van der Waals surface area contributed by atoms with Gasteiger partial charge in [-0.3, -0.25) is 9.78 Å². The summed E-state index contributed by atoms with van der Waals surface area (Å²) in [7, 11) is 0. The summed E-state index contributed by atoms with van der Waals surface area (Å²) in [6, 6.07) is 15.9. The molecule has 5 nitrogen and oxygen atoms in total. The zero-order valence-electron chi connectivity index (χ0n) is 20.1. The van der Waals surface area contributed by atoms with Gasteiger partial charge in [-0.25, -0.2) is 9.97 Å². The first-order chi connectivity index (χ1) is 17.0. The maximum atomic E-state index is 13.8. The molecule has 0 bridgehead atoms. The molecule has 0 aliphatic heterocycles. The molecule has 1 N–H and O–H groups in total. The van der Waals surface area contributed by atoms with E-state index in [4.69, 9.17) is 0 Å². The van der Waals surface area contributed by atoms with Crippen LogP contribution in [-0.2, 0) is 18.0 Å². The number of benzene rings is 2. The van der Waals surface area contributed by atoms with Crippen molar-refractivity contribution in [2.75, 3.05) is 5.32 Å². The quantitative estimate of drug-likeness (QED) is 0.338. The van der Waals surface area contributed by atoms with Gasteiger partial charge in [-0.05, 0) is 65.1 Å². The lowest BCUT2D eigenvalue weighted by Crippen LogP contribution is -2.16. The van der Waals surface area contributed by atoms with Gasteiger partial charge in [-0.2, -0.15) is 13.2 Å². The number of halogens is 3. The summed E-state index contributed by atoms with van der Waals surface area (Å²) in [6.45, 7) is 6.26. The Kier molecular flexibility index (Phi) is 6.88. The number of nitrogens with zero attached hydrogens (tertiary/aromatic N) is 3. The third-order valence-corrected chi connectivity index (χ3v) is 5.79. The Hall–Kier alpha value is -4.07. The van der Waals surface area contributed by atoms with Gasteiger partial charge in [-0.15, -0.1) is 0 Å². The van der Waals surface area contributed by atoms with Gasteiger partial charge in [0.05, 0.1) is 17.0 Å². The molecule has 0 fully saturated rings. The van der Waals surface area contributed by atoms with Gasteiger partial charge in [-0.1, -0.05) is 32.9 Å². The third kappa shape index (κ3) is 5.76. The molecule has 8 heteroatoms. The lowest BCUT2D eigenvalue weighted by atomic mass is 9.87. The van der Waals surface area contributed by atoms with Crippen LogP contribution in [0.25, 0.3) is 11.3 Å². The van der Waals surface area contributed by atoms with Crippen LogP contribution < -0.4 is 5.32 Å². The van der Waals surface area contributed by atoms with Crippen LogP contribution in [0.15, 0.2) is 79.4 Å². The number of rotatable bonds is 5. The zero-order valence-corrected chi connectivity index (χ0v) is 20.1. The summed E-state index contributed by atoms with van der Waals surface area (Å²) in [4.78, 5) is 25.3. The molecule has 0 saturated heterocycles. The van der Waals surface area contributed by atoms with Gasteiger partial charge in [0.1, 0.15) is 6.33 Å². The summed E-state index contributed by atoms with van der Waals surface area (Å²) >= 11 is 0. The minimum atomic E-state index is -4.59. The molecule has 0 atom stereocenters. The predicted octanol–water partition coefficient (Wildman–Crippen LogP) is 6.70. The van der Waals surface area contributed by atoms with E-state index < -0.39 is 17.6 Å². The molecule has 0 spiro atoms. The number of pyridine rings is 1. The molecule has 2 heterocycles. The van der Waals surface area contributed by atoms with Gasteiger partial charge in [0.25, 0.3) is 5.91 Å². The predicted molar refractivity (Wildman–Crippen MR) is 133 cm³/mol. The van der Waals surface area contributed by atoms with Crippen LogP contribution in [0.4, 0.5) is 18.9 Å². The highest BCUT2D eigenvalue weighted by molar-refractivity contribution is 6.04. The number of alkyl halides is 3. The molecule has 1 amide bonds. The Morgan fingerprint density at radius 2 is 1.67 bits per heavy atom. The van der Waals surface area contributed by atoms with E-state index in [2.05, 4.69) is 41.0 Å². The molecular weight excluding hydrogens is 465 g/mol. The SMILES string of the molecule is CC(C)(C)c1ccc(NC(=O)c2ccc(C(F)(F)F)c(Cc3ncccc3-c3ccncn3)c2)cc1. The second-order valence-corrected chi connectivity index (χ2v) is 9.42. The van der Waals surface area contributed by atoms with Crippen molar-refractivity contribution in [3.63, 3.8) is 0 Å². The van der Waals surface area contributed by atoms with Crippen LogP contribution >= 0.6 is 0 Å². The van der Waals surface area contributed by atoms with E-state index in [1.165, 1.54) is 24.7 Å². The fraction of sp³-hybridized carbons (Fsp3) is 0.214. The highest BCUT2D eigenvalue weighted by atomic mass is 19.4. The van der Waals surface area contributed by atoms with Gasteiger partial charge in [0.15, 0.2) is 0 Å². The molecule has 0 saturated carbocycles. The molecule has 0 unspecified atom stereocenters. The van der Waals surface area contributed by atoms with Gasteiger partial charge in [0, 0.05) is 35.6 Å². The summed E-state index contributed by atoms with van der Waals surface area (Å²) in [5.74, 6) is -0.495. The number of anilines is 1. The number of nitrogens with one attached hydrogen (secondary N) is 1. The molecule has 4 rings (SSSR count). The Bertz CT molecular complexity index is 1360. The van der Waals surface area contributed by atoms with E-state index in [-0.39, 0.29) is 23.0 Å².